The minimum Gasteiger partial charge on any atom is -0.459 e. The van der Waals surface area contributed by atoms with E-state index in [2.05, 4.69) is 27.8 Å². The maximum atomic E-state index is 5.91. The highest BCUT2D eigenvalue weighted by Crippen LogP contribution is 2.26. The number of thiazole rings is 1. The van der Waals surface area contributed by atoms with E-state index in [1.54, 1.807) is 11.3 Å². The number of nitrogens with one attached hydrogen (secondary N) is 1. The van der Waals surface area contributed by atoms with E-state index in [0.29, 0.717) is 0 Å². The van der Waals surface area contributed by atoms with Crippen LogP contribution >= 0.6 is 11.3 Å². The third-order valence-corrected chi connectivity index (χ3v) is 4.17. The molecule has 2 heterocycles. The Morgan fingerprint density at radius 2 is 2.21 bits per heavy atom. The van der Waals surface area contributed by atoms with Gasteiger partial charge in [0.05, 0.1) is 11.0 Å². The van der Waals surface area contributed by atoms with Gasteiger partial charge in [0, 0.05) is 22.9 Å². The van der Waals surface area contributed by atoms with Crippen molar-refractivity contribution in [2.24, 2.45) is 0 Å². The number of aryl methyl sites for hydroxylation is 1. The van der Waals surface area contributed by atoms with Crippen LogP contribution in [0.2, 0.25) is 0 Å². The van der Waals surface area contributed by atoms with Gasteiger partial charge in [-0.05, 0) is 26.1 Å². The molecule has 3 aromatic rings. The molecule has 0 spiro atoms. The van der Waals surface area contributed by atoms with Gasteiger partial charge in [0.15, 0.2) is 0 Å². The van der Waals surface area contributed by atoms with E-state index in [1.165, 1.54) is 0 Å². The number of para-hydroxylation sites is 1. The first kappa shape index (κ1) is 12.4. The van der Waals surface area contributed by atoms with Gasteiger partial charge in [-0.3, -0.25) is 0 Å². The lowest BCUT2D eigenvalue weighted by molar-refractivity contribution is 0.450. The topological polar surface area (TPSA) is 38.1 Å². The fourth-order valence-electron chi connectivity index (χ4n) is 2.19. The maximum Gasteiger partial charge on any atom is 0.134 e. The molecule has 4 heteroatoms. The molecular formula is C15H16N2OS. The molecule has 1 unspecified atom stereocenters. The molecule has 0 aliphatic carbocycles. The number of aromatic nitrogens is 1. The molecule has 1 atom stereocenters. The molecule has 0 saturated carbocycles. The van der Waals surface area contributed by atoms with Gasteiger partial charge in [0.1, 0.15) is 11.3 Å². The van der Waals surface area contributed by atoms with Gasteiger partial charge in [-0.15, -0.1) is 11.3 Å². The van der Waals surface area contributed by atoms with Crippen LogP contribution in [0.5, 0.6) is 0 Å². The number of furan rings is 1. The van der Waals surface area contributed by atoms with Crippen molar-refractivity contribution in [1.82, 2.24) is 10.3 Å². The van der Waals surface area contributed by atoms with Crippen molar-refractivity contribution in [1.29, 1.82) is 0 Å². The first-order chi connectivity index (χ1) is 9.26. The van der Waals surface area contributed by atoms with E-state index in [1.807, 2.05) is 32.2 Å². The van der Waals surface area contributed by atoms with Crippen LogP contribution in [-0.2, 0) is 6.42 Å². The Morgan fingerprint density at radius 1 is 1.37 bits per heavy atom. The second kappa shape index (κ2) is 5.15. The highest BCUT2D eigenvalue weighted by atomic mass is 32.1. The lowest BCUT2D eigenvalue weighted by atomic mass is 10.1. The zero-order valence-electron chi connectivity index (χ0n) is 11.0. The van der Waals surface area contributed by atoms with Crippen molar-refractivity contribution in [3.63, 3.8) is 0 Å². The Kier molecular flexibility index (Phi) is 3.36. The normalized spacial score (nSPS) is 12.9. The summed E-state index contributed by atoms with van der Waals surface area (Å²) in [5.74, 6) is 0.969. The third-order valence-electron chi connectivity index (χ3n) is 3.18. The van der Waals surface area contributed by atoms with Gasteiger partial charge in [-0.2, -0.15) is 0 Å². The Balaban J connectivity index is 1.88. The fourth-order valence-corrected chi connectivity index (χ4v) is 3.01. The summed E-state index contributed by atoms with van der Waals surface area (Å²) in [6, 6.07) is 10.4. The fraction of sp³-hybridized carbons (Fsp3) is 0.267. The Labute approximate surface area is 116 Å². The van der Waals surface area contributed by atoms with Gasteiger partial charge in [0.25, 0.3) is 0 Å². The van der Waals surface area contributed by atoms with Gasteiger partial charge in [0.2, 0.25) is 0 Å². The Hall–Kier alpha value is -1.65. The highest BCUT2D eigenvalue weighted by Gasteiger charge is 2.16. The molecule has 0 saturated heterocycles. The molecule has 0 aliphatic heterocycles. The number of benzene rings is 1. The molecule has 3 nitrogen and oxygen atoms in total. The van der Waals surface area contributed by atoms with E-state index in [4.69, 9.17) is 4.42 Å². The summed E-state index contributed by atoms with van der Waals surface area (Å²) in [7, 11) is 1.96. The van der Waals surface area contributed by atoms with Crippen molar-refractivity contribution in [3.8, 4) is 0 Å². The molecule has 3 rings (SSSR count). The second-order valence-electron chi connectivity index (χ2n) is 4.61. The van der Waals surface area contributed by atoms with Gasteiger partial charge < -0.3 is 9.73 Å². The molecule has 0 amide bonds. The Morgan fingerprint density at radius 3 is 2.89 bits per heavy atom. The minimum atomic E-state index is 0.165. The number of fused-ring (bicyclic) bond motifs is 1. The number of hydrogen-bond acceptors (Lipinski definition) is 4. The minimum absolute atomic E-state index is 0.165. The molecule has 0 bridgehead atoms. The monoisotopic (exact) mass is 272 g/mol. The molecule has 19 heavy (non-hydrogen) atoms. The van der Waals surface area contributed by atoms with Crippen LogP contribution in [0.1, 0.15) is 22.5 Å². The van der Waals surface area contributed by atoms with Crippen molar-refractivity contribution in [2.75, 3.05) is 7.05 Å². The molecule has 1 N–H and O–H groups in total. The van der Waals surface area contributed by atoms with E-state index in [9.17, 15) is 0 Å². The highest BCUT2D eigenvalue weighted by molar-refractivity contribution is 7.09. The molecule has 1 aromatic carbocycles. The van der Waals surface area contributed by atoms with Crippen molar-refractivity contribution in [3.05, 3.63) is 52.2 Å². The average Bonchev–Trinajstić information content (AvgIpc) is 3.01. The number of rotatable bonds is 4. The molecular weight excluding hydrogens is 256 g/mol. The number of hydrogen-bond donors (Lipinski definition) is 1. The van der Waals surface area contributed by atoms with E-state index >= 15 is 0 Å². The molecule has 98 valence electrons. The van der Waals surface area contributed by atoms with Crippen LogP contribution < -0.4 is 5.32 Å². The van der Waals surface area contributed by atoms with E-state index in [0.717, 1.165) is 33.9 Å². The zero-order valence-corrected chi connectivity index (χ0v) is 11.8. The van der Waals surface area contributed by atoms with Crippen molar-refractivity contribution < 1.29 is 4.42 Å². The maximum absolute atomic E-state index is 5.91. The van der Waals surface area contributed by atoms with Crippen LogP contribution in [0.4, 0.5) is 0 Å². The average molecular weight is 272 g/mol. The van der Waals surface area contributed by atoms with Crippen LogP contribution in [0.25, 0.3) is 11.0 Å². The quantitative estimate of drug-likeness (QED) is 0.787. The zero-order chi connectivity index (χ0) is 13.2. The lowest BCUT2D eigenvalue weighted by Gasteiger charge is -2.11. The summed E-state index contributed by atoms with van der Waals surface area (Å²) in [6.07, 6.45) is 0.856. The lowest BCUT2D eigenvalue weighted by Crippen LogP contribution is -2.18. The van der Waals surface area contributed by atoms with Crippen LogP contribution in [0.15, 0.2) is 40.1 Å². The van der Waals surface area contributed by atoms with Gasteiger partial charge in [-0.25, -0.2) is 4.98 Å². The summed E-state index contributed by atoms with van der Waals surface area (Å²) < 4.78 is 5.91. The van der Waals surface area contributed by atoms with Crippen molar-refractivity contribution in [2.45, 2.75) is 19.4 Å². The van der Waals surface area contributed by atoms with Crippen molar-refractivity contribution >= 4 is 22.3 Å². The first-order valence-corrected chi connectivity index (χ1v) is 7.21. The van der Waals surface area contributed by atoms with Crippen LogP contribution in [-0.4, -0.2) is 12.0 Å². The number of nitrogens with zero attached hydrogens (tertiary/aromatic N) is 1. The van der Waals surface area contributed by atoms with Crippen LogP contribution in [0, 0.1) is 6.92 Å². The summed E-state index contributed by atoms with van der Waals surface area (Å²) in [4.78, 5) is 4.51. The SMILES string of the molecule is CNC(Cc1nc(C)cs1)c1cc2ccccc2o1. The summed E-state index contributed by atoms with van der Waals surface area (Å²) in [5.41, 5.74) is 2.02. The Bertz CT molecular complexity index is 653. The summed E-state index contributed by atoms with van der Waals surface area (Å²) >= 11 is 1.70. The summed E-state index contributed by atoms with van der Waals surface area (Å²) in [5, 5.41) is 7.68. The van der Waals surface area contributed by atoms with Crippen LogP contribution in [0.3, 0.4) is 0 Å². The van der Waals surface area contributed by atoms with Gasteiger partial charge in [-0.1, -0.05) is 18.2 Å². The number of likely N-dealkylation sites (N-methyl/N-ethyl adjacent to an activating group) is 1. The smallest absolute Gasteiger partial charge is 0.134 e. The predicted octanol–water partition coefficient (Wildman–Crippen LogP) is 3.70. The largest absolute Gasteiger partial charge is 0.459 e. The van der Waals surface area contributed by atoms with E-state index < -0.39 is 0 Å². The standard InChI is InChI=1S/C15H16N2OS/c1-10-9-19-15(17-10)8-12(16-2)14-7-11-5-3-4-6-13(11)18-14/h3-7,9,12,16H,8H2,1-2H3. The second-order valence-corrected chi connectivity index (χ2v) is 5.56. The van der Waals surface area contributed by atoms with Gasteiger partial charge >= 0.3 is 0 Å². The molecule has 0 fully saturated rings. The molecule has 2 aromatic heterocycles. The predicted molar refractivity (Wildman–Crippen MR) is 78.6 cm³/mol. The van der Waals surface area contributed by atoms with E-state index in [-0.39, 0.29) is 6.04 Å². The molecule has 0 radical (unpaired) electrons. The first-order valence-electron chi connectivity index (χ1n) is 6.33. The third kappa shape index (κ3) is 2.55. The molecule has 0 aliphatic rings. The summed E-state index contributed by atoms with van der Waals surface area (Å²) in [6.45, 7) is 2.02.